The molecule has 3 heterocycles. The summed E-state index contributed by atoms with van der Waals surface area (Å²) in [5.74, 6) is -2.85. The average molecular weight is 466 g/mol. The minimum atomic E-state index is -5.08. The van der Waals surface area contributed by atoms with Crippen LogP contribution in [0.3, 0.4) is 0 Å². The first-order valence-electron chi connectivity index (χ1n) is 9.81. The molecule has 1 amide bonds. The van der Waals surface area contributed by atoms with Crippen molar-refractivity contribution < 1.29 is 27.9 Å². The van der Waals surface area contributed by atoms with E-state index in [1.54, 1.807) is 39.7 Å². The Bertz CT molecular complexity index is 1240. The van der Waals surface area contributed by atoms with E-state index in [1.807, 2.05) is 18.2 Å². The number of carbonyl (C=O) groups is 2. The quantitative estimate of drug-likeness (QED) is 0.594. The molecule has 1 fully saturated rings. The monoisotopic (exact) mass is 466 g/mol. The van der Waals surface area contributed by atoms with Gasteiger partial charge in [-0.05, 0) is 24.6 Å². The second kappa shape index (κ2) is 9.40. The van der Waals surface area contributed by atoms with Crippen LogP contribution in [0.1, 0.15) is 28.6 Å². The topological polar surface area (TPSA) is 136 Å². The molecule has 176 valence electrons. The maximum Gasteiger partial charge on any atom is 0.490 e. The second-order valence-corrected chi connectivity index (χ2v) is 7.32. The number of hydrogen-bond donors (Lipinski definition) is 2. The van der Waals surface area contributed by atoms with Gasteiger partial charge in [-0.1, -0.05) is 12.1 Å². The number of aliphatic carboxylic acids is 1. The molecule has 4 rings (SSSR count). The van der Waals surface area contributed by atoms with Gasteiger partial charge in [0.2, 0.25) is 0 Å². The number of nitrogens with zero attached hydrogens (tertiary/aromatic N) is 5. The maximum atomic E-state index is 12.8. The number of nitrogens with two attached hydrogens (primary N) is 1. The van der Waals surface area contributed by atoms with Crippen LogP contribution in [0, 0.1) is 0 Å². The van der Waals surface area contributed by atoms with Crippen molar-refractivity contribution in [2.24, 2.45) is 12.8 Å². The van der Waals surface area contributed by atoms with Crippen molar-refractivity contribution in [1.82, 2.24) is 24.2 Å². The summed E-state index contributed by atoms with van der Waals surface area (Å²) in [7, 11) is 1.73. The van der Waals surface area contributed by atoms with Gasteiger partial charge >= 0.3 is 12.1 Å². The van der Waals surface area contributed by atoms with Crippen molar-refractivity contribution in [2.45, 2.75) is 25.2 Å². The summed E-state index contributed by atoms with van der Waals surface area (Å²) in [6, 6.07) is 8.94. The summed E-state index contributed by atoms with van der Waals surface area (Å²) in [4.78, 5) is 40.6. The number of aromatic nitrogens is 4. The van der Waals surface area contributed by atoms with Crippen LogP contribution in [0.25, 0.3) is 10.9 Å². The standard InChI is InChI=1S/C18H20N6O2.C2HF3O2/c1-22-16(8-12(9-19)21-22)18(26)23-7-6-13(10-23)24-11-20-15-5-3-2-4-14(15)17(24)25;3-2(4,5)1(6)7/h2-5,8,11,13H,6-7,9-10,19H2,1H3;(H,6,7). The Labute approximate surface area is 185 Å². The number of aryl methyl sites for hydroxylation is 1. The molecule has 0 saturated carbocycles. The smallest absolute Gasteiger partial charge is 0.475 e. The molecule has 2 aromatic heterocycles. The van der Waals surface area contributed by atoms with Gasteiger partial charge in [-0.2, -0.15) is 18.3 Å². The van der Waals surface area contributed by atoms with Crippen molar-refractivity contribution >= 4 is 22.8 Å². The van der Waals surface area contributed by atoms with Crippen LogP contribution < -0.4 is 11.3 Å². The number of carbonyl (C=O) groups excluding carboxylic acids is 1. The fraction of sp³-hybridized carbons (Fsp3) is 0.350. The minimum Gasteiger partial charge on any atom is -0.475 e. The lowest BCUT2D eigenvalue weighted by Gasteiger charge is -2.17. The zero-order valence-electron chi connectivity index (χ0n) is 17.5. The van der Waals surface area contributed by atoms with Crippen molar-refractivity contribution in [1.29, 1.82) is 0 Å². The Morgan fingerprint density at radius 2 is 1.94 bits per heavy atom. The van der Waals surface area contributed by atoms with Gasteiger partial charge in [-0.25, -0.2) is 9.78 Å². The predicted molar refractivity (Wildman–Crippen MR) is 110 cm³/mol. The number of carboxylic acid groups (broad SMARTS) is 1. The van der Waals surface area contributed by atoms with Crippen molar-refractivity contribution in [2.75, 3.05) is 13.1 Å². The first-order valence-corrected chi connectivity index (χ1v) is 9.81. The van der Waals surface area contributed by atoms with Gasteiger partial charge in [0.05, 0.1) is 29.0 Å². The van der Waals surface area contributed by atoms with Crippen molar-refractivity contribution in [3.63, 3.8) is 0 Å². The predicted octanol–water partition coefficient (Wildman–Crippen LogP) is 1.31. The van der Waals surface area contributed by atoms with Crippen LogP contribution in [0.5, 0.6) is 0 Å². The van der Waals surface area contributed by atoms with E-state index in [0.29, 0.717) is 48.3 Å². The molecule has 0 bridgehead atoms. The number of carboxylic acids is 1. The summed E-state index contributed by atoms with van der Waals surface area (Å²) in [5.41, 5.74) is 7.41. The highest BCUT2D eigenvalue weighted by Crippen LogP contribution is 2.22. The number of amides is 1. The molecule has 13 heteroatoms. The van der Waals surface area contributed by atoms with Crippen molar-refractivity contribution in [3.05, 3.63) is 58.4 Å². The summed E-state index contributed by atoms with van der Waals surface area (Å²) in [6.07, 6.45) is -2.78. The molecule has 3 N–H and O–H groups in total. The number of para-hydroxylation sites is 1. The third kappa shape index (κ3) is 5.19. The van der Waals surface area contributed by atoms with E-state index in [0.717, 1.165) is 0 Å². The Kier molecular flexibility index (Phi) is 6.81. The Morgan fingerprint density at radius 1 is 1.27 bits per heavy atom. The number of benzene rings is 1. The molecular formula is C20H21F3N6O4. The molecule has 33 heavy (non-hydrogen) atoms. The third-order valence-corrected chi connectivity index (χ3v) is 5.14. The van der Waals surface area contributed by atoms with E-state index in [1.165, 1.54) is 0 Å². The second-order valence-electron chi connectivity index (χ2n) is 7.32. The number of hydrogen-bond acceptors (Lipinski definition) is 6. The van der Waals surface area contributed by atoms with E-state index >= 15 is 0 Å². The summed E-state index contributed by atoms with van der Waals surface area (Å²) in [6.45, 7) is 1.36. The lowest BCUT2D eigenvalue weighted by atomic mass is 10.2. The van der Waals surface area contributed by atoms with Crippen LogP contribution in [0.2, 0.25) is 0 Å². The van der Waals surface area contributed by atoms with Gasteiger partial charge in [0.15, 0.2) is 0 Å². The number of fused-ring (bicyclic) bond motifs is 1. The molecule has 0 aliphatic carbocycles. The fourth-order valence-electron chi connectivity index (χ4n) is 3.48. The molecule has 1 atom stereocenters. The highest BCUT2D eigenvalue weighted by molar-refractivity contribution is 5.93. The summed E-state index contributed by atoms with van der Waals surface area (Å²) in [5, 5.41) is 11.9. The zero-order chi connectivity index (χ0) is 24.3. The molecule has 3 aromatic rings. The Morgan fingerprint density at radius 3 is 2.55 bits per heavy atom. The Hall–Kier alpha value is -3.74. The van der Waals surface area contributed by atoms with Gasteiger partial charge in [-0.15, -0.1) is 0 Å². The highest BCUT2D eigenvalue weighted by atomic mass is 19.4. The van der Waals surface area contributed by atoms with Crippen molar-refractivity contribution in [3.8, 4) is 0 Å². The van der Waals surface area contributed by atoms with Crippen LogP contribution in [0.15, 0.2) is 41.5 Å². The molecule has 10 nitrogen and oxygen atoms in total. The van der Waals surface area contributed by atoms with E-state index in [-0.39, 0.29) is 17.5 Å². The van der Waals surface area contributed by atoms with Crippen LogP contribution in [-0.2, 0) is 18.4 Å². The van der Waals surface area contributed by atoms with Gasteiger partial charge in [-0.3, -0.25) is 18.8 Å². The maximum absolute atomic E-state index is 12.8. The molecular weight excluding hydrogens is 445 g/mol. The lowest BCUT2D eigenvalue weighted by molar-refractivity contribution is -0.192. The Balaban J connectivity index is 0.000000383. The molecule has 1 aliphatic heterocycles. The van der Waals surface area contributed by atoms with E-state index in [2.05, 4.69) is 10.1 Å². The molecule has 0 radical (unpaired) electrons. The SMILES string of the molecule is Cn1nc(CN)cc1C(=O)N1CCC(n2cnc3ccccc3c2=O)C1.O=C(O)C(F)(F)F. The number of rotatable bonds is 3. The first-order chi connectivity index (χ1) is 15.5. The van der Waals surface area contributed by atoms with Crippen LogP contribution >= 0.6 is 0 Å². The largest absolute Gasteiger partial charge is 0.490 e. The van der Waals surface area contributed by atoms with Gasteiger partial charge in [0.25, 0.3) is 11.5 Å². The molecule has 1 aliphatic rings. The van der Waals surface area contributed by atoms with E-state index in [9.17, 15) is 22.8 Å². The van der Waals surface area contributed by atoms with Gasteiger partial charge < -0.3 is 15.7 Å². The molecule has 0 spiro atoms. The minimum absolute atomic E-state index is 0.0687. The van der Waals surface area contributed by atoms with Gasteiger partial charge in [0, 0.05) is 26.7 Å². The van der Waals surface area contributed by atoms with Crippen LogP contribution in [-0.4, -0.2) is 60.5 Å². The summed E-state index contributed by atoms with van der Waals surface area (Å²) >= 11 is 0. The van der Waals surface area contributed by atoms with Crippen LogP contribution in [0.4, 0.5) is 13.2 Å². The first kappa shape index (κ1) is 23.9. The third-order valence-electron chi connectivity index (χ3n) is 5.14. The normalized spacial score (nSPS) is 15.9. The van der Waals surface area contributed by atoms with Gasteiger partial charge in [0.1, 0.15) is 5.69 Å². The molecule has 1 unspecified atom stereocenters. The summed E-state index contributed by atoms with van der Waals surface area (Å²) < 4.78 is 34.9. The fourth-order valence-corrected chi connectivity index (χ4v) is 3.48. The molecule has 1 saturated heterocycles. The number of halogens is 3. The highest BCUT2D eigenvalue weighted by Gasteiger charge is 2.38. The van der Waals surface area contributed by atoms with E-state index < -0.39 is 12.1 Å². The average Bonchev–Trinajstić information content (AvgIpc) is 3.40. The number of alkyl halides is 3. The lowest BCUT2D eigenvalue weighted by Crippen LogP contribution is -2.32. The molecule has 1 aromatic carbocycles. The van der Waals surface area contributed by atoms with E-state index in [4.69, 9.17) is 15.6 Å². The zero-order valence-corrected chi connectivity index (χ0v) is 17.5. The number of likely N-dealkylation sites (tertiary alicyclic amines) is 1.